The molecule has 1 aromatic rings. The van der Waals surface area contributed by atoms with Crippen LogP contribution in [0.15, 0.2) is 18.3 Å². The molecule has 58 valence electrons. The van der Waals surface area contributed by atoms with Crippen LogP contribution in [0.2, 0.25) is 0 Å². The van der Waals surface area contributed by atoms with Gasteiger partial charge in [-0.05, 0) is 43.4 Å². The Balaban J connectivity index is 2.35. The maximum atomic E-state index is 3.28. The maximum absolute atomic E-state index is 3.28. The van der Waals surface area contributed by atoms with Crippen LogP contribution < -0.4 is 0 Å². The van der Waals surface area contributed by atoms with Crippen molar-refractivity contribution in [1.29, 1.82) is 0 Å². The number of nitrogens with one attached hydrogen (secondary N) is 1. The van der Waals surface area contributed by atoms with Crippen LogP contribution in [-0.4, -0.2) is 4.98 Å². The van der Waals surface area contributed by atoms with E-state index in [0.29, 0.717) is 0 Å². The maximum Gasteiger partial charge on any atom is 0.0439 e. The first-order valence-electron chi connectivity index (χ1n) is 4.21. The molecular weight excluding hydrogens is 134 g/mol. The lowest BCUT2D eigenvalue weighted by molar-refractivity contribution is 0.933. The number of hydrogen-bond acceptors (Lipinski definition) is 0. The van der Waals surface area contributed by atoms with Gasteiger partial charge in [0.2, 0.25) is 0 Å². The Kier molecular flexibility index (Phi) is 1.57. The van der Waals surface area contributed by atoms with Gasteiger partial charge in [-0.15, -0.1) is 0 Å². The Morgan fingerprint density at radius 1 is 1.45 bits per heavy atom. The van der Waals surface area contributed by atoms with Gasteiger partial charge in [0.25, 0.3) is 0 Å². The molecule has 1 aromatic heterocycles. The fourth-order valence-electron chi connectivity index (χ4n) is 1.69. The molecule has 2 rings (SSSR count). The van der Waals surface area contributed by atoms with Crippen LogP contribution in [0.4, 0.5) is 0 Å². The summed E-state index contributed by atoms with van der Waals surface area (Å²) in [4.78, 5) is 3.28. The van der Waals surface area contributed by atoms with Crippen LogP contribution >= 0.6 is 0 Å². The van der Waals surface area contributed by atoms with Crippen molar-refractivity contribution in [3.05, 3.63) is 29.6 Å². The Hall–Kier alpha value is -0.980. The van der Waals surface area contributed by atoms with Crippen molar-refractivity contribution in [3.8, 4) is 0 Å². The van der Waals surface area contributed by atoms with Gasteiger partial charge in [-0.1, -0.05) is 6.08 Å². The first kappa shape index (κ1) is 6.71. The predicted molar refractivity (Wildman–Crippen MR) is 47.4 cm³/mol. The quantitative estimate of drug-likeness (QED) is 0.628. The zero-order chi connectivity index (χ0) is 7.68. The lowest BCUT2D eigenvalue weighted by atomic mass is 10.1. The fourth-order valence-corrected chi connectivity index (χ4v) is 1.69. The van der Waals surface area contributed by atoms with Gasteiger partial charge in [0, 0.05) is 11.9 Å². The lowest BCUT2D eigenvalue weighted by Gasteiger charge is -1.99. The molecule has 0 atom stereocenters. The van der Waals surface area contributed by atoms with Crippen LogP contribution in [0.5, 0.6) is 0 Å². The van der Waals surface area contributed by atoms with Crippen LogP contribution in [0.3, 0.4) is 0 Å². The second-order valence-corrected chi connectivity index (χ2v) is 3.16. The Morgan fingerprint density at radius 2 is 2.36 bits per heavy atom. The minimum absolute atomic E-state index is 1.25. The molecule has 1 heteroatoms. The van der Waals surface area contributed by atoms with E-state index in [9.17, 15) is 0 Å². The summed E-state index contributed by atoms with van der Waals surface area (Å²) in [7, 11) is 0. The SMILES string of the molecule is Cc1cc[nH]c1C1=CCCC1. The van der Waals surface area contributed by atoms with Crippen LogP contribution in [0, 0.1) is 6.92 Å². The molecule has 0 spiro atoms. The van der Waals surface area contributed by atoms with Crippen molar-refractivity contribution in [2.24, 2.45) is 0 Å². The molecule has 1 N–H and O–H groups in total. The number of H-pyrrole nitrogens is 1. The van der Waals surface area contributed by atoms with Gasteiger partial charge < -0.3 is 4.98 Å². The highest BCUT2D eigenvalue weighted by Gasteiger charge is 2.09. The Labute approximate surface area is 67.1 Å². The summed E-state index contributed by atoms with van der Waals surface area (Å²) in [5.74, 6) is 0. The van der Waals surface area contributed by atoms with Gasteiger partial charge in [-0.2, -0.15) is 0 Å². The van der Waals surface area contributed by atoms with Crippen molar-refractivity contribution in [2.75, 3.05) is 0 Å². The summed E-state index contributed by atoms with van der Waals surface area (Å²) in [6.07, 6.45) is 8.20. The third-order valence-electron chi connectivity index (χ3n) is 2.32. The molecule has 0 radical (unpaired) electrons. The molecule has 1 nitrogen and oxygen atoms in total. The van der Waals surface area contributed by atoms with E-state index < -0.39 is 0 Å². The van der Waals surface area contributed by atoms with Gasteiger partial charge in [0.15, 0.2) is 0 Å². The largest absolute Gasteiger partial charge is 0.361 e. The van der Waals surface area contributed by atoms with E-state index in [1.165, 1.54) is 36.1 Å². The van der Waals surface area contributed by atoms with Gasteiger partial charge >= 0.3 is 0 Å². The molecule has 1 heterocycles. The van der Waals surface area contributed by atoms with Crippen LogP contribution in [0.1, 0.15) is 30.5 Å². The summed E-state index contributed by atoms with van der Waals surface area (Å²) in [6.45, 7) is 2.16. The number of allylic oxidation sites excluding steroid dienone is 2. The molecule has 0 aromatic carbocycles. The molecule has 0 unspecified atom stereocenters. The van der Waals surface area contributed by atoms with E-state index in [-0.39, 0.29) is 0 Å². The zero-order valence-electron chi connectivity index (χ0n) is 6.85. The summed E-state index contributed by atoms with van der Waals surface area (Å²) < 4.78 is 0. The van der Waals surface area contributed by atoms with Crippen LogP contribution in [0.25, 0.3) is 5.57 Å². The first-order chi connectivity index (χ1) is 5.38. The Bertz CT molecular complexity index is 281. The fraction of sp³-hybridized carbons (Fsp3) is 0.400. The summed E-state index contributed by atoms with van der Waals surface area (Å²) in [5.41, 5.74) is 4.23. The van der Waals surface area contributed by atoms with E-state index in [1.807, 2.05) is 6.20 Å². The smallest absolute Gasteiger partial charge is 0.0439 e. The Morgan fingerprint density at radius 3 is 2.91 bits per heavy atom. The monoisotopic (exact) mass is 147 g/mol. The number of rotatable bonds is 1. The summed E-state index contributed by atoms with van der Waals surface area (Å²) in [6, 6.07) is 2.13. The van der Waals surface area contributed by atoms with Crippen molar-refractivity contribution in [2.45, 2.75) is 26.2 Å². The van der Waals surface area contributed by atoms with Crippen molar-refractivity contribution >= 4 is 5.57 Å². The third kappa shape index (κ3) is 1.11. The highest BCUT2D eigenvalue weighted by Crippen LogP contribution is 2.28. The second kappa shape index (κ2) is 2.57. The van der Waals surface area contributed by atoms with Crippen molar-refractivity contribution < 1.29 is 0 Å². The highest BCUT2D eigenvalue weighted by molar-refractivity contribution is 5.66. The predicted octanol–water partition coefficient (Wildman–Crippen LogP) is 2.89. The number of aryl methyl sites for hydroxylation is 1. The molecular formula is C10H13N. The minimum Gasteiger partial charge on any atom is -0.361 e. The topological polar surface area (TPSA) is 15.8 Å². The standard InChI is InChI=1S/C10H13N/c1-8-6-7-11-10(8)9-4-2-3-5-9/h4,6-7,11H,2-3,5H2,1H3. The molecule has 1 aliphatic rings. The average molecular weight is 147 g/mol. The first-order valence-corrected chi connectivity index (χ1v) is 4.21. The molecule has 0 saturated carbocycles. The molecule has 1 aliphatic carbocycles. The third-order valence-corrected chi connectivity index (χ3v) is 2.32. The van der Waals surface area contributed by atoms with Crippen molar-refractivity contribution in [1.82, 2.24) is 4.98 Å². The van der Waals surface area contributed by atoms with E-state index in [2.05, 4.69) is 24.1 Å². The van der Waals surface area contributed by atoms with Crippen molar-refractivity contribution in [3.63, 3.8) is 0 Å². The molecule has 0 aliphatic heterocycles. The minimum atomic E-state index is 1.25. The number of aromatic amines is 1. The van der Waals surface area contributed by atoms with Gasteiger partial charge in [-0.3, -0.25) is 0 Å². The zero-order valence-corrected chi connectivity index (χ0v) is 6.85. The highest BCUT2D eigenvalue weighted by atomic mass is 14.7. The lowest BCUT2D eigenvalue weighted by Crippen LogP contribution is -1.82. The number of hydrogen-bond donors (Lipinski definition) is 1. The molecule has 0 saturated heterocycles. The normalized spacial score (nSPS) is 17.0. The second-order valence-electron chi connectivity index (χ2n) is 3.16. The molecule has 11 heavy (non-hydrogen) atoms. The van der Waals surface area contributed by atoms with Gasteiger partial charge in [0.05, 0.1) is 0 Å². The molecule has 0 bridgehead atoms. The van der Waals surface area contributed by atoms with Gasteiger partial charge in [-0.25, -0.2) is 0 Å². The molecule has 0 fully saturated rings. The summed E-state index contributed by atoms with van der Waals surface area (Å²) >= 11 is 0. The summed E-state index contributed by atoms with van der Waals surface area (Å²) in [5, 5.41) is 0. The molecule has 0 amide bonds. The van der Waals surface area contributed by atoms with E-state index >= 15 is 0 Å². The number of aromatic nitrogens is 1. The van der Waals surface area contributed by atoms with E-state index in [1.54, 1.807) is 0 Å². The van der Waals surface area contributed by atoms with Gasteiger partial charge in [0.1, 0.15) is 0 Å². The van der Waals surface area contributed by atoms with E-state index in [0.717, 1.165) is 0 Å². The average Bonchev–Trinajstić information content (AvgIpc) is 2.55. The van der Waals surface area contributed by atoms with E-state index in [4.69, 9.17) is 0 Å². The van der Waals surface area contributed by atoms with Crippen LogP contribution in [-0.2, 0) is 0 Å².